The fraction of sp³-hybridized carbons (Fsp3) is 0.412. The summed E-state index contributed by atoms with van der Waals surface area (Å²) in [4.78, 5) is 10.8. The first-order valence-electron chi connectivity index (χ1n) is 7.54. The van der Waals surface area contributed by atoms with Gasteiger partial charge in [0.05, 0.1) is 0 Å². The number of carboxylic acid groups (broad SMARTS) is 1. The van der Waals surface area contributed by atoms with Crippen molar-refractivity contribution in [2.45, 2.75) is 44.4 Å². The highest BCUT2D eigenvalue weighted by molar-refractivity contribution is 5.86. The van der Waals surface area contributed by atoms with Crippen molar-refractivity contribution < 1.29 is 14.4 Å². The maximum atomic E-state index is 10.8. The number of carboxylic acids is 1. The van der Waals surface area contributed by atoms with Crippen LogP contribution in [0.2, 0.25) is 0 Å². The van der Waals surface area contributed by atoms with Gasteiger partial charge in [-0.1, -0.05) is 55.1 Å². The van der Waals surface area contributed by atoms with Gasteiger partial charge in [-0.15, -0.1) is 0 Å². The minimum atomic E-state index is -1.07. The van der Waals surface area contributed by atoms with E-state index < -0.39 is 5.97 Å². The highest BCUT2D eigenvalue weighted by atomic mass is 16.5. The van der Waals surface area contributed by atoms with Crippen molar-refractivity contribution in [1.29, 1.82) is 0 Å². The van der Waals surface area contributed by atoms with Gasteiger partial charge in [-0.05, 0) is 24.3 Å². The Bertz CT molecular complexity index is 607. The first kappa shape index (κ1) is 13.9. The molecule has 1 heterocycles. The third-order valence-corrected chi connectivity index (χ3v) is 4.25. The molecule has 4 heteroatoms. The van der Waals surface area contributed by atoms with Crippen molar-refractivity contribution in [3.05, 3.63) is 41.6 Å². The molecule has 1 N–H and O–H groups in total. The standard InChI is InChI=1S/C17H19NO3/c19-17(20)15-11-16(21-18-15)14-9-7-13(8-10-14)12-5-3-1-2-4-6-12/h7-12H,1-6H2,(H,19,20). The van der Waals surface area contributed by atoms with E-state index in [-0.39, 0.29) is 5.69 Å². The molecule has 0 unspecified atom stereocenters. The van der Waals surface area contributed by atoms with Crippen LogP contribution in [0.4, 0.5) is 0 Å². The second kappa shape index (κ2) is 6.12. The summed E-state index contributed by atoms with van der Waals surface area (Å²) >= 11 is 0. The number of nitrogens with zero attached hydrogens (tertiary/aromatic N) is 1. The smallest absolute Gasteiger partial charge is 0.358 e. The van der Waals surface area contributed by atoms with Crippen LogP contribution in [-0.4, -0.2) is 16.2 Å². The first-order chi connectivity index (χ1) is 10.2. The molecule has 0 saturated heterocycles. The van der Waals surface area contributed by atoms with Crippen LogP contribution >= 0.6 is 0 Å². The fourth-order valence-electron chi connectivity index (χ4n) is 3.04. The van der Waals surface area contributed by atoms with E-state index in [0.717, 1.165) is 5.56 Å². The van der Waals surface area contributed by atoms with E-state index >= 15 is 0 Å². The Morgan fingerprint density at radius 2 is 1.76 bits per heavy atom. The van der Waals surface area contributed by atoms with E-state index in [0.29, 0.717) is 11.7 Å². The first-order valence-corrected chi connectivity index (χ1v) is 7.54. The van der Waals surface area contributed by atoms with E-state index in [1.54, 1.807) is 0 Å². The largest absolute Gasteiger partial charge is 0.476 e. The van der Waals surface area contributed by atoms with Crippen LogP contribution in [0.3, 0.4) is 0 Å². The molecule has 0 amide bonds. The minimum absolute atomic E-state index is 0.0576. The molecule has 1 saturated carbocycles. The molecular formula is C17H19NO3. The quantitative estimate of drug-likeness (QED) is 0.845. The molecule has 4 nitrogen and oxygen atoms in total. The molecule has 0 bridgehead atoms. The third kappa shape index (κ3) is 3.15. The second-order valence-corrected chi connectivity index (χ2v) is 5.69. The summed E-state index contributed by atoms with van der Waals surface area (Å²) in [5, 5.41) is 12.4. The van der Waals surface area contributed by atoms with Gasteiger partial charge in [-0.2, -0.15) is 0 Å². The lowest BCUT2D eigenvalue weighted by atomic mass is 9.91. The van der Waals surface area contributed by atoms with Crippen molar-refractivity contribution in [1.82, 2.24) is 5.16 Å². The molecular weight excluding hydrogens is 266 g/mol. The Morgan fingerprint density at radius 3 is 2.33 bits per heavy atom. The van der Waals surface area contributed by atoms with Crippen molar-refractivity contribution in [3.8, 4) is 11.3 Å². The zero-order chi connectivity index (χ0) is 14.7. The maximum Gasteiger partial charge on any atom is 0.358 e. The Labute approximate surface area is 123 Å². The molecule has 2 aromatic rings. The van der Waals surface area contributed by atoms with Gasteiger partial charge in [0, 0.05) is 11.6 Å². The number of aromatic carboxylic acids is 1. The topological polar surface area (TPSA) is 63.3 Å². The maximum absolute atomic E-state index is 10.8. The summed E-state index contributed by atoms with van der Waals surface area (Å²) in [6.07, 6.45) is 7.87. The van der Waals surface area contributed by atoms with Gasteiger partial charge in [0.2, 0.25) is 0 Å². The molecule has 1 aromatic heterocycles. The van der Waals surface area contributed by atoms with Gasteiger partial charge in [-0.3, -0.25) is 0 Å². The predicted octanol–water partition coefficient (Wildman–Crippen LogP) is 4.48. The average molecular weight is 285 g/mol. The minimum Gasteiger partial charge on any atom is -0.476 e. The number of hydrogen-bond donors (Lipinski definition) is 1. The number of rotatable bonds is 3. The van der Waals surface area contributed by atoms with Crippen LogP contribution < -0.4 is 0 Å². The van der Waals surface area contributed by atoms with E-state index in [1.807, 2.05) is 12.1 Å². The summed E-state index contributed by atoms with van der Waals surface area (Å²) in [6, 6.07) is 9.71. The Hall–Kier alpha value is -2.10. The number of carbonyl (C=O) groups is 1. The van der Waals surface area contributed by atoms with Crippen LogP contribution in [0.25, 0.3) is 11.3 Å². The molecule has 3 rings (SSSR count). The molecule has 21 heavy (non-hydrogen) atoms. The number of aromatic nitrogens is 1. The zero-order valence-corrected chi connectivity index (χ0v) is 11.9. The average Bonchev–Trinajstić information content (AvgIpc) is 2.84. The van der Waals surface area contributed by atoms with Crippen molar-refractivity contribution in [2.24, 2.45) is 0 Å². The summed E-state index contributed by atoms with van der Waals surface area (Å²) in [7, 11) is 0. The Morgan fingerprint density at radius 1 is 1.10 bits per heavy atom. The van der Waals surface area contributed by atoms with Crippen molar-refractivity contribution >= 4 is 5.97 Å². The summed E-state index contributed by atoms with van der Waals surface area (Å²) in [5.41, 5.74) is 2.18. The van der Waals surface area contributed by atoms with Gasteiger partial charge >= 0.3 is 5.97 Å². The molecule has 1 aliphatic rings. The molecule has 1 aromatic carbocycles. The monoisotopic (exact) mass is 285 g/mol. The Balaban J connectivity index is 1.77. The van der Waals surface area contributed by atoms with E-state index in [1.165, 1.54) is 50.2 Å². The predicted molar refractivity (Wildman–Crippen MR) is 79.3 cm³/mol. The number of hydrogen-bond acceptors (Lipinski definition) is 3. The van der Waals surface area contributed by atoms with Gasteiger partial charge in [-0.25, -0.2) is 4.79 Å². The second-order valence-electron chi connectivity index (χ2n) is 5.69. The lowest BCUT2D eigenvalue weighted by Crippen LogP contribution is -1.96. The summed E-state index contributed by atoms with van der Waals surface area (Å²) in [5.74, 6) is 0.0887. The van der Waals surface area contributed by atoms with Crippen molar-refractivity contribution in [3.63, 3.8) is 0 Å². The van der Waals surface area contributed by atoms with Crippen LogP contribution in [0.5, 0.6) is 0 Å². The van der Waals surface area contributed by atoms with Crippen LogP contribution in [0, 0.1) is 0 Å². The van der Waals surface area contributed by atoms with Gasteiger partial charge in [0.1, 0.15) is 0 Å². The molecule has 110 valence electrons. The SMILES string of the molecule is O=C(O)c1cc(-c2ccc(C3CCCCCC3)cc2)on1. The fourth-order valence-corrected chi connectivity index (χ4v) is 3.04. The molecule has 0 aliphatic heterocycles. The summed E-state index contributed by atoms with van der Waals surface area (Å²) < 4.78 is 5.09. The van der Waals surface area contributed by atoms with E-state index in [2.05, 4.69) is 17.3 Å². The Kier molecular flexibility index (Phi) is 4.04. The van der Waals surface area contributed by atoms with Crippen molar-refractivity contribution in [2.75, 3.05) is 0 Å². The third-order valence-electron chi connectivity index (χ3n) is 4.25. The molecule has 0 spiro atoms. The summed E-state index contributed by atoms with van der Waals surface area (Å²) in [6.45, 7) is 0. The van der Waals surface area contributed by atoms with Gasteiger partial charge in [0.25, 0.3) is 0 Å². The molecule has 0 atom stereocenters. The molecule has 1 fully saturated rings. The van der Waals surface area contributed by atoms with Gasteiger partial charge in [0.15, 0.2) is 11.5 Å². The van der Waals surface area contributed by atoms with E-state index in [4.69, 9.17) is 9.63 Å². The van der Waals surface area contributed by atoms with Gasteiger partial charge < -0.3 is 9.63 Å². The molecule has 0 radical (unpaired) electrons. The zero-order valence-electron chi connectivity index (χ0n) is 11.9. The lowest BCUT2D eigenvalue weighted by molar-refractivity contribution is 0.0686. The molecule has 1 aliphatic carbocycles. The van der Waals surface area contributed by atoms with E-state index in [9.17, 15) is 4.79 Å². The van der Waals surface area contributed by atoms with Crippen LogP contribution in [0.1, 0.15) is 60.5 Å². The van der Waals surface area contributed by atoms with Crippen LogP contribution in [-0.2, 0) is 0 Å². The highest BCUT2D eigenvalue weighted by Crippen LogP contribution is 2.32. The lowest BCUT2D eigenvalue weighted by Gasteiger charge is -2.14. The normalized spacial score (nSPS) is 16.6. The number of benzene rings is 1. The van der Waals surface area contributed by atoms with Crippen LogP contribution in [0.15, 0.2) is 34.9 Å². The highest BCUT2D eigenvalue weighted by Gasteiger charge is 2.15.